The quantitative estimate of drug-likeness (QED) is 0.594. The SMILES string of the molecule is COc1cc(C)ccc1OCC(=O)N1CCN(c2ccc(-c3ccc(C)cc3)nn2)CC1. The van der Waals surface area contributed by atoms with Crippen LogP contribution in [0, 0.1) is 13.8 Å². The maximum atomic E-state index is 12.6. The Hall–Kier alpha value is -3.61. The van der Waals surface area contributed by atoms with Crippen LogP contribution >= 0.6 is 0 Å². The normalized spacial score (nSPS) is 13.7. The molecule has 1 aliphatic heterocycles. The van der Waals surface area contributed by atoms with Gasteiger partial charge in [0, 0.05) is 31.7 Å². The number of piperazine rings is 1. The number of carbonyl (C=O) groups is 1. The van der Waals surface area contributed by atoms with Crippen LogP contribution in [0.2, 0.25) is 0 Å². The Morgan fingerprint density at radius 3 is 2.25 bits per heavy atom. The first kappa shape index (κ1) is 21.6. The number of aryl methyl sites for hydroxylation is 2. The number of ether oxygens (including phenoxy) is 2. The van der Waals surface area contributed by atoms with Gasteiger partial charge < -0.3 is 19.3 Å². The second-order valence-electron chi connectivity index (χ2n) is 7.95. The molecule has 0 N–H and O–H groups in total. The molecule has 166 valence electrons. The zero-order valence-electron chi connectivity index (χ0n) is 18.7. The van der Waals surface area contributed by atoms with Gasteiger partial charge in [-0.05, 0) is 43.7 Å². The molecule has 2 heterocycles. The third kappa shape index (κ3) is 4.99. The molecule has 0 spiro atoms. The fourth-order valence-corrected chi connectivity index (χ4v) is 3.68. The average molecular weight is 433 g/mol. The van der Waals surface area contributed by atoms with Crippen LogP contribution < -0.4 is 14.4 Å². The second kappa shape index (κ2) is 9.68. The number of methoxy groups -OCH3 is 1. The lowest BCUT2D eigenvalue weighted by molar-refractivity contribution is -0.133. The molecule has 7 heteroatoms. The summed E-state index contributed by atoms with van der Waals surface area (Å²) in [5, 5.41) is 8.80. The zero-order chi connectivity index (χ0) is 22.5. The summed E-state index contributed by atoms with van der Waals surface area (Å²) < 4.78 is 11.1. The molecular weight excluding hydrogens is 404 g/mol. The van der Waals surface area contributed by atoms with E-state index in [1.165, 1.54) is 5.56 Å². The summed E-state index contributed by atoms with van der Waals surface area (Å²) in [6.07, 6.45) is 0. The number of hydrogen-bond donors (Lipinski definition) is 0. The van der Waals surface area contributed by atoms with E-state index in [4.69, 9.17) is 9.47 Å². The predicted molar refractivity (Wildman–Crippen MR) is 124 cm³/mol. The van der Waals surface area contributed by atoms with Crippen LogP contribution in [0.15, 0.2) is 54.6 Å². The number of hydrogen-bond acceptors (Lipinski definition) is 6. The fourth-order valence-electron chi connectivity index (χ4n) is 3.68. The monoisotopic (exact) mass is 432 g/mol. The van der Waals surface area contributed by atoms with Gasteiger partial charge in [-0.15, -0.1) is 10.2 Å². The molecule has 2 aromatic carbocycles. The minimum absolute atomic E-state index is 0.00945. The average Bonchev–Trinajstić information content (AvgIpc) is 2.83. The molecule has 0 saturated carbocycles. The maximum absolute atomic E-state index is 12.6. The van der Waals surface area contributed by atoms with Gasteiger partial charge in [0.25, 0.3) is 5.91 Å². The van der Waals surface area contributed by atoms with Gasteiger partial charge in [0.2, 0.25) is 0 Å². The van der Waals surface area contributed by atoms with E-state index in [1.54, 1.807) is 7.11 Å². The smallest absolute Gasteiger partial charge is 0.260 e. The van der Waals surface area contributed by atoms with Crippen molar-refractivity contribution in [1.29, 1.82) is 0 Å². The van der Waals surface area contributed by atoms with E-state index >= 15 is 0 Å². The number of carbonyl (C=O) groups excluding carboxylic acids is 1. The highest BCUT2D eigenvalue weighted by molar-refractivity contribution is 5.78. The minimum Gasteiger partial charge on any atom is -0.493 e. The van der Waals surface area contributed by atoms with Crippen LogP contribution in [0.5, 0.6) is 11.5 Å². The van der Waals surface area contributed by atoms with Gasteiger partial charge in [-0.25, -0.2) is 0 Å². The van der Waals surface area contributed by atoms with Crippen LogP contribution in [0.25, 0.3) is 11.3 Å². The molecule has 1 fully saturated rings. The summed E-state index contributed by atoms with van der Waals surface area (Å²) in [4.78, 5) is 16.6. The van der Waals surface area contributed by atoms with Crippen molar-refractivity contribution in [3.05, 3.63) is 65.7 Å². The first-order chi connectivity index (χ1) is 15.5. The molecule has 0 bridgehead atoms. The lowest BCUT2D eigenvalue weighted by Crippen LogP contribution is -2.50. The molecule has 0 aliphatic carbocycles. The highest BCUT2D eigenvalue weighted by Crippen LogP contribution is 2.28. The second-order valence-corrected chi connectivity index (χ2v) is 7.95. The third-order valence-electron chi connectivity index (χ3n) is 5.62. The Bertz CT molecular complexity index is 1060. The highest BCUT2D eigenvalue weighted by Gasteiger charge is 2.23. The molecular formula is C25H28N4O3. The van der Waals surface area contributed by atoms with Crippen molar-refractivity contribution >= 4 is 11.7 Å². The summed E-state index contributed by atoms with van der Waals surface area (Å²) in [5.74, 6) is 2.01. The zero-order valence-corrected chi connectivity index (χ0v) is 18.7. The van der Waals surface area contributed by atoms with E-state index in [-0.39, 0.29) is 12.5 Å². The van der Waals surface area contributed by atoms with Gasteiger partial charge in [0.05, 0.1) is 12.8 Å². The van der Waals surface area contributed by atoms with E-state index < -0.39 is 0 Å². The van der Waals surface area contributed by atoms with Crippen molar-refractivity contribution in [2.24, 2.45) is 0 Å². The molecule has 0 atom stereocenters. The highest BCUT2D eigenvalue weighted by atomic mass is 16.5. The van der Waals surface area contributed by atoms with Crippen molar-refractivity contribution in [1.82, 2.24) is 15.1 Å². The van der Waals surface area contributed by atoms with Crippen molar-refractivity contribution in [2.75, 3.05) is 44.8 Å². The molecule has 0 unspecified atom stereocenters. The minimum atomic E-state index is -0.0342. The summed E-state index contributed by atoms with van der Waals surface area (Å²) in [6, 6.07) is 17.9. The molecule has 1 amide bonds. The van der Waals surface area contributed by atoms with Crippen molar-refractivity contribution in [3.8, 4) is 22.8 Å². The van der Waals surface area contributed by atoms with Crippen molar-refractivity contribution in [2.45, 2.75) is 13.8 Å². The van der Waals surface area contributed by atoms with Crippen LogP contribution in [-0.2, 0) is 4.79 Å². The number of amides is 1. The Morgan fingerprint density at radius 1 is 0.875 bits per heavy atom. The lowest BCUT2D eigenvalue weighted by Gasteiger charge is -2.35. The van der Waals surface area contributed by atoms with Gasteiger partial charge in [-0.3, -0.25) is 4.79 Å². The van der Waals surface area contributed by atoms with E-state index in [1.807, 2.05) is 42.2 Å². The molecule has 1 aromatic heterocycles. The van der Waals surface area contributed by atoms with Gasteiger partial charge in [-0.1, -0.05) is 35.9 Å². The molecule has 1 aliphatic rings. The summed E-state index contributed by atoms with van der Waals surface area (Å²) >= 11 is 0. The Kier molecular flexibility index (Phi) is 6.54. The first-order valence-electron chi connectivity index (χ1n) is 10.7. The van der Waals surface area contributed by atoms with E-state index in [0.29, 0.717) is 37.7 Å². The Morgan fingerprint density at radius 2 is 1.59 bits per heavy atom. The molecule has 32 heavy (non-hydrogen) atoms. The Labute approximate surface area is 188 Å². The maximum Gasteiger partial charge on any atom is 0.260 e. The van der Waals surface area contributed by atoms with Crippen molar-refractivity contribution < 1.29 is 14.3 Å². The molecule has 3 aromatic rings. The van der Waals surface area contributed by atoms with Gasteiger partial charge in [0.1, 0.15) is 0 Å². The molecule has 0 radical (unpaired) electrons. The van der Waals surface area contributed by atoms with E-state index in [0.717, 1.165) is 22.6 Å². The number of anilines is 1. The molecule has 1 saturated heterocycles. The predicted octanol–water partition coefficient (Wildman–Crippen LogP) is 3.50. The standard InChI is InChI=1S/C25H28N4O3/c1-18-4-7-20(8-5-18)21-9-11-24(27-26-21)28-12-14-29(15-13-28)25(30)17-32-22-10-6-19(2)16-23(22)31-3/h4-11,16H,12-15,17H2,1-3H3. The van der Waals surface area contributed by atoms with Gasteiger partial charge in [-0.2, -0.15) is 0 Å². The Balaban J connectivity index is 1.30. The number of benzene rings is 2. The van der Waals surface area contributed by atoms with Crippen molar-refractivity contribution in [3.63, 3.8) is 0 Å². The fraction of sp³-hybridized carbons (Fsp3) is 0.320. The molecule has 4 rings (SSSR count). The van der Waals surface area contributed by atoms with Crippen LogP contribution in [-0.4, -0.2) is 60.9 Å². The lowest BCUT2D eigenvalue weighted by atomic mass is 10.1. The summed E-state index contributed by atoms with van der Waals surface area (Å²) in [6.45, 7) is 6.69. The van der Waals surface area contributed by atoms with E-state index in [2.05, 4.69) is 46.3 Å². The van der Waals surface area contributed by atoms with Crippen LogP contribution in [0.4, 0.5) is 5.82 Å². The van der Waals surface area contributed by atoms with Gasteiger partial charge >= 0.3 is 0 Å². The summed E-state index contributed by atoms with van der Waals surface area (Å²) in [5.41, 5.74) is 4.20. The summed E-state index contributed by atoms with van der Waals surface area (Å²) in [7, 11) is 1.60. The third-order valence-corrected chi connectivity index (χ3v) is 5.62. The van der Waals surface area contributed by atoms with Gasteiger partial charge in [0.15, 0.2) is 23.9 Å². The number of nitrogens with zero attached hydrogens (tertiary/aromatic N) is 4. The van der Waals surface area contributed by atoms with Crippen LogP contribution in [0.3, 0.4) is 0 Å². The number of aromatic nitrogens is 2. The van der Waals surface area contributed by atoms with E-state index in [9.17, 15) is 4.79 Å². The largest absolute Gasteiger partial charge is 0.493 e. The number of rotatable bonds is 6. The molecule has 7 nitrogen and oxygen atoms in total. The van der Waals surface area contributed by atoms with Crippen LogP contribution in [0.1, 0.15) is 11.1 Å². The first-order valence-corrected chi connectivity index (χ1v) is 10.7. The topological polar surface area (TPSA) is 67.8 Å².